The van der Waals surface area contributed by atoms with Crippen molar-refractivity contribution in [3.63, 3.8) is 0 Å². The fraction of sp³-hybridized carbons (Fsp3) is 0.400. The Morgan fingerprint density at radius 3 is 2.44 bits per heavy atom. The van der Waals surface area contributed by atoms with Crippen LogP contribution in [0, 0.1) is 5.41 Å². The molecule has 0 saturated heterocycles. The van der Waals surface area contributed by atoms with E-state index in [1.165, 1.54) is 13.8 Å². The van der Waals surface area contributed by atoms with Gasteiger partial charge in [-0.3, -0.25) is 19.4 Å². The first-order chi connectivity index (χ1) is 8.22. The van der Waals surface area contributed by atoms with Crippen LogP contribution in [0.4, 0.5) is 0 Å². The van der Waals surface area contributed by atoms with E-state index in [1.54, 1.807) is 0 Å². The minimum atomic E-state index is -1.14. The van der Waals surface area contributed by atoms with Crippen LogP contribution in [-0.4, -0.2) is 33.5 Å². The molecule has 0 bridgehead atoms. The van der Waals surface area contributed by atoms with Gasteiger partial charge in [0.05, 0.1) is 5.41 Å². The van der Waals surface area contributed by atoms with Gasteiger partial charge in [-0.15, -0.1) is 0 Å². The number of H-pyrrole nitrogens is 2. The van der Waals surface area contributed by atoms with Crippen molar-refractivity contribution in [1.82, 2.24) is 15.3 Å². The zero-order valence-corrected chi connectivity index (χ0v) is 9.86. The Kier molecular flexibility index (Phi) is 3.70. The van der Waals surface area contributed by atoms with E-state index in [9.17, 15) is 19.2 Å². The predicted molar refractivity (Wildman–Crippen MR) is 61.4 cm³/mol. The van der Waals surface area contributed by atoms with E-state index in [0.717, 1.165) is 6.07 Å². The van der Waals surface area contributed by atoms with E-state index >= 15 is 0 Å². The Hall–Kier alpha value is -2.38. The molecular formula is C10H13N3O5. The van der Waals surface area contributed by atoms with E-state index in [2.05, 4.69) is 10.3 Å². The van der Waals surface area contributed by atoms with Gasteiger partial charge in [0.25, 0.3) is 11.5 Å². The first kappa shape index (κ1) is 13.7. The zero-order valence-electron chi connectivity index (χ0n) is 9.86. The standard InChI is InChI=1S/C10H13N3O5/c1-10(2,8(16)17)4-11-7(15)5-3-6(14)13-9(18)12-5/h3H,4H2,1-2H3,(H,11,15)(H,16,17)(H2,12,13,14,18). The molecule has 0 saturated carbocycles. The number of carboxylic acids is 1. The van der Waals surface area contributed by atoms with Gasteiger partial charge in [0, 0.05) is 12.6 Å². The number of nitrogens with one attached hydrogen (secondary N) is 3. The van der Waals surface area contributed by atoms with Crippen molar-refractivity contribution in [2.24, 2.45) is 5.41 Å². The molecule has 18 heavy (non-hydrogen) atoms. The molecule has 1 heterocycles. The number of hydrogen-bond donors (Lipinski definition) is 4. The summed E-state index contributed by atoms with van der Waals surface area (Å²) < 4.78 is 0. The number of aromatic amines is 2. The number of carboxylic acid groups (broad SMARTS) is 1. The van der Waals surface area contributed by atoms with Crippen molar-refractivity contribution in [3.05, 3.63) is 32.6 Å². The van der Waals surface area contributed by atoms with Gasteiger partial charge in [-0.05, 0) is 13.8 Å². The van der Waals surface area contributed by atoms with Crippen molar-refractivity contribution >= 4 is 11.9 Å². The highest BCUT2D eigenvalue weighted by molar-refractivity contribution is 5.92. The molecule has 0 unspecified atom stereocenters. The molecule has 0 spiro atoms. The molecule has 0 fully saturated rings. The van der Waals surface area contributed by atoms with Crippen LogP contribution in [0.25, 0.3) is 0 Å². The number of aliphatic carboxylic acids is 1. The van der Waals surface area contributed by atoms with E-state index in [0.29, 0.717) is 0 Å². The Balaban J connectivity index is 2.81. The van der Waals surface area contributed by atoms with Crippen molar-refractivity contribution in [2.45, 2.75) is 13.8 Å². The minimum Gasteiger partial charge on any atom is -0.481 e. The SMILES string of the molecule is CC(C)(CNC(=O)c1cc(=O)[nH]c(=O)[nH]1)C(=O)O. The van der Waals surface area contributed by atoms with Crippen molar-refractivity contribution in [3.8, 4) is 0 Å². The molecule has 8 nitrogen and oxygen atoms in total. The van der Waals surface area contributed by atoms with Gasteiger partial charge < -0.3 is 15.4 Å². The lowest BCUT2D eigenvalue weighted by atomic mass is 9.94. The number of rotatable bonds is 4. The second-order valence-corrected chi connectivity index (χ2v) is 4.37. The molecule has 0 radical (unpaired) electrons. The third kappa shape index (κ3) is 3.30. The molecule has 1 rings (SSSR count). The topological polar surface area (TPSA) is 132 Å². The summed E-state index contributed by atoms with van der Waals surface area (Å²) in [6.45, 7) is 2.75. The second-order valence-electron chi connectivity index (χ2n) is 4.37. The van der Waals surface area contributed by atoms with Gasteiger partial charge in [0.15, 0.2) is 0 Å². The number of amides is 1. The van der Waals surface area contributed by atoms with E-state index in [1.807, 2.05) is 4.98 Å². The van der Waals surface area contributed by atoms with Crippen LogP contribution in [-0.2, 0) is 4.79 Å². The first-order valence-corrected chi connectivity index (χ1v) is 5.07. The summed E-state index contributed by atoms with van der Waals surface area (Å²) in [5.74, 6) is -1.78. The minimum absolute atomic E-state index is 0.129. The maximum Gasteiger partial charge on any atom is 0.326 e. The van der Waals surface area contributed by atoms with Gasteiger partial charge in [0.2, 0.25) is 0 Å². The maximum atomic E-state index is 11.6. The lowest BCUT2D eigenvalue weighted by Crippen LogP contribution is -2.40. The number of carbonyl (C=O) groups is 2. The van der Waals surface area contributed by atoms with Crippen LogP contribution < -0.4 is 16.6 Å². The monoisotopic (exact) mass is 255 g/mol. The summed E-state index contributed by atoms with van der Waals surface area (Å²) in [5, 5.41) is 11.2. The van der Waals surface area contributed by atoms with E-state index in [4.69, 9.17) is 5.11 Å². The molecule has 0 aliphatic carbocycles. The summed E-state index contributed by atoms with van der Waals surface area (Å²) >= 11 is 0. The van der Waals surface area contributed by atoms with Crippen molar-refractivity contribution in [2.75, 3.05) is 6.54 Å². The fourth-order valence-corrected chi connectivity index (χ4v) is 1.06. The van der Waals surface area contributed by atoms with Gasteiger partial charge in [-0.2, -0.15) is 0 Å². The van der Waals surface area contributed by atoms with Gasteiger partial charge in [-0.1, -0.05) is 0 Å². The highest BCUT2D eigenvalue weighted by Crippen LogP contribution is 2.13. The number of carbonyl (C=O) groups excluding carboxylic acids is 1. The lowest BCUT2D eigenvalue weighted by Gasteiger charge is -2.19. The van der Waals surface area contributed by atoms with Crippen LogP contribution >= 0.6 is 0 Å². The first-order valence-electron chi connectivity index (χ1n) is 5.07. The normalized spacial score (nSPS) is 11.0. The molecule has 0 aliphatic rings. The Bertz CT molecular complexity index is 555. The average molecular weight is 255 g/mol. The molecule has 1 aromatic heterocycles. The van der Waals surface area contributed by atoms with Crippen LogP contribution in [0.3, 0.4) is 0 Å². The Labute approximate surface area is 101 Å². The van der Waals surface area contributed by atoms with Crippen molar-refractivity contribution in [1.29, 1.82) is 0 Å². The summed E-state index contributed by atoms with van der Waals surface area (Å²) in [7, 11) is 0. The molecule has 4 N–H and O–H groups in total. The van der Waals surface area contributed by atoms with Crippen LogP contribution in [0.1, 0.15) is 24.3 Å². The zero-order chi connectivity index (χ0) is 13.9. The second kappa shape index (κ2) is 4.86. The fourth-order valence-electron chi connectivity index (χ4n) is 1.06. The van der Waals surface area contributed by atoms with Crippen LogP contribution in [0.2, 0.25) is 0 Å². The van der Waals surface area contributed by atoms with Gasteiger partial charge in [0.1, 0.15) is 5.69 Å². The largest absolute Gasteiger partial charge is 0.481 e. The molecular weight excluding hydrogens is 242 g/mol. The quantitative estimate of drug-likeness (QED) is 0.542. The molecule has 8 heteroatoms. The van der Waals surface area contributed by atoms with E-state index < -0.39 is 28.5 Å². The van der Waals surface area contributed by atoms with Crippen LogP contribution in [0.5, 0.6) is 0 Å². The maximum absolute atomic E-state index is 11.6. The molecule has 0 atom stereocenters. The number of hydrogen-bond acceptors (Lipinski definition) is 4. The molecule has 1 amide bonds. The predicted octanol–water partition coefficient (Wildman–Crippen LogP) is -1.10. The highest BCUT2D eigenvalue weighted by atomic mass is 16.4. The molecule has 98 valence electrons. The third-order valence-corrected chi connectivity index (χ3v) is 2.27. The van der Waals surface area contributed by atoms with E-state index in [-0.39, 0.29) is 12.2 Å². The van der Waals surface area contributed by atoms with Crippen LogP contribution in [0.15, 0.2) is 15.7 Å². The van der Waals surface area contributed by atoms with Crippen molar-refractivity contribution < 1.29 is 14.7 Å². The summed E-state index contributed by atoms with van der Waals surface area (Å²) in [5.41, 5.74) is -2.87. The summed E-state index contributed by atoms with van der Waals surface area (Å²) in [4.78, 5) is 48.4. The average Bonchev–Trinajstić information content (AvgIpc) is 2.24. The lowest BCUT2D eigenvalue weighted by molar-refractivity contribution is -0.146. The molecule has 1 aromatic rings. The highest BCUT2D eigenvalue weighted by Gasteiger charge is 2.27. The third-order valence-electron chi connectivity index (χ3n) is 2.27. The van der Waals surface area contributed by atoms with Gasteiger partial charge in [-0.25, -0.2) is 4.79 Å². The van der Waals surface area contributed by atoms with Gasteiger partial charge >= 0.3 is 11.7 Å². The smallest absolute Gasteiger partial charge is 0.326 e. The summed E-state index contributed by atoms with van der Waals surface area (Å²) in [6.07, 6.45) is 0. The molecule has 0 aromatic carbocycles. The Morgan fingerprint density at radius 1 is 1.33 bits per heavy atom. The molecule has 0 aliphatic heterocycles. The summed E-state index contributed by atoms with van der Waals surface area (Å²) in [6, 6.07) is 0.921. The Morgan fingerprint density at radius 2 is 1.94 bits per heavy atom. The number of aromatic nitrogens is 2.